The van der Waals surface area contributed by atoms with E-state index in [2.05, 4.69) is 13.2 Å². The predicted molar refractivity (Wildman–Crippen MR) is 101 cm³/mol. The highest BCUT2D eigenvalue weighted by molar-refractivity contribution is 5.91. The minimum absolute atomic E-state index is 0.00717. The van der Waals surface area contributed by atoms with Crippen LogP contribution in [0.25, 0.3) is 0 Å². The molecule has 0 amide bonds. The van der Waals surface area contributed by atoms with Crippen molar-refractivity contribution in [3.05, 3.63) is 47.6 Å². The second-order valence-corrected chi connectivity index (χ2v) is 6.90. The predicted octanol–water partition coefficient (Wildman–Crippen LogP) is 2.17. The van der Waals surface area contributed by atoms with E-state index < -0.39 is 18.5 Å². The lowest BCUT2D eigenvalue weighted by Crippen LogP contribution is -2.20. The van der Waals surface area contributed by atoms with Gasteiger partial charge in [-0.15, -0.1) is 0 Å². The Morgan fingerprint density at radius 3 is 2.64 bits per heavy atom. The zero-order valence-corrected chi connectivity index (χ0v) is 16.1. The molecule has 0 aromatic carbocycles. The monoisotopic (exact) mass is 390 g/mol. The van der Waals surface area contributed by atoms with Gasteiger partial charge < -0.3 is 19.3 Å². The molecule has 0 aromatic heterocycles. The van der Waals surface area contributed by atoms with E-state index in [1.165, 1.54) is 6.92 Å². The molecule has 2 aliphatic rings. The normalized spacial score (nSPS) is 26.1. The van der Waals surface area contributed by atoms with Crippen molar-refractivity contribution in [3.63, 3.8) is 0 Å². The molecule has 1 aliphatic heterocycles. The van der Waals surface area contributed by atoms with E-state index >= 15 is 0 Å². The van der Waals surface area contributed by atoms with Crippen molar-refractivity contribution in [2.75, 3.05) is 19.8 Å². The summed E-state index contributed by atoms with van der Waals surface area (Å²) in [7, 11) is 0. The Bertz CT molecular complexity index is 729. The van der Waals surface area contributed by atoms with Gasteiger partial charge in [0.2, 0.25) is 0 Å². The van der Waals surface area contributed by atoms with Gasteiger partial charge in [0.15, 0.2) is 0 Å². The average molecular weight is 390 g/mol. The number of esters is 3. The highest BCUT2D eigenvalue weighted by Crippen LogP contribution is 2.35. The van der Waals surface area contributed by atoms with Gasteiger partial charge in [0, 0.05) is 24.8 Å². The van der Waals surface area contributed by atoms with Gasteiger partial charge in [-0.25, -0.2) is 9.59 Å². The van der Waals surface area contributed by atoms with Crippen molar-refractivity contribution in [1.29, 1.82) is 0 Å². The summed E-state index contributed by atoms with van der Waals surface area (Å²) in [4.78, 5) is 34.8. The molecule has 0 saturated carbocycles. The van der Waals surface area contributed by atoms with Gasteiger partial charge >= 0.3 is 17.9 Å². The number of hydrogen-bond donors (Lipinski definition) is 1. The Morgan fingerprint density at radius 2 is 1.96 bits per heavy atom. The molecule has 1 fully saturated rings. The van der Waals surface area contributed by atoms with E-state index in [9.17, 15) is 14.4 Å². The largest absolute Gasteiger partial charge is 0.461 e. The van der Waals surface area contributed by atoms with Crippen LogP contribution >= 0.6 is 0 Å². The maximum absolute atomic E-state index is 12.0. The van der Waals surface area contributed by atoms with E-state index in [1.807, 2.05) is 12.2 Å². The smallest absolute Gasteiger partial charge is 0.336 e. The van der Waals surface area contributed by atoms with Crippen molar-refractivity contribution in [3.8, 4) is 0 Å². The first kappa shape index (κ1) is 21.6. The molecular weight excluding hydrogens is 364 g/mol. The third kappa shape index (κ3) is 5.92. The van der Waals surface area contributed by atoms with E-state index in [-0.39, 0.29) is 36.8 Å². The lowest BCUT2D eigenvalue weighted by molar-refractivity contribution is -0.141. The minimum atomic E-state index is -0.645. The number of aliphatic hydroxyl groups excluding tert-OH is 1. The van der Waals surface area contributed by atoms with Crippen LogP contribution < -0.4 is 0 Å². The molecule has 7 heteroatoms. The van der Waals surface area contributed by atoms with Gasteiger partial charge in [-0.2, -0.15) is 0 Å². The second-order valence-electron chi connectivity index (χ2n) is 6.90. The van der Waals surface area contributed by atoms with Crippen molar-refractivity contribution in [2.45, 2.75) is 38.7 Å². The summed E-state index contributed by atoms with van der Waals surface area (Å²) in [6, 6.07) is 0. The summed E-state index contributed by atoms with van der Waals surface area (Å²) in [5.74, 6) is -1.63. The fourth-order valence-corrected chi connectivity index (χ4v) is 3.12. The molecule has 152 valence electrons. The molecular formula is C21H26O7. The lowest BCUT2D eigenvalue weighted by atomic mass is 9.87. The highest BCUT2D eigenvalue weighted by atomic mass is 16.6. The average Bonchev–Trinajstić information content (AvgIpc) is 2.93. The van der Waals surface area contributed by atoms with Crippen molar-refractivity contribution in [2.24, 2.45) is 5.92 Å². The maximum atomic E-state index is 12.0. The number of hydrogen-bond acceptors (Lipinski definition) is 7. The van der Waals surface area contributed by atoms with Crippen LogP contribution in [0.4, 0.5) is 0 Å². The van der Waals surface area contributed by atoms with Gasteiger partial charge in [0.25, 0.3) is 0 Å². The molecule has 28 heavy (non-hydrogen) atoms. The Kier molecular flexibility index (Phi) is 7.75. The van der Waals surface area contributed by atoms with Gasteiger partial charge in [-0.3, -0.25) is 4.79 Å². The summed E-state index contributed by atoms with van der Waals surface area (Å²) < 4.78 is 15.8. The molecule has 0 aromatic rings. The van der Waals surface area contributed by atoms with Crippen LogP contribution in [0.2, 0.25) is 0 Å². The number of ether oxygens (including phenoxy) is 3. The van der Waals surface area contributed by atoms with Gasteiger partial charge in [-0.05, 0) is 30.4 Å². The second kappa shape index (κ2) is 10.0. The van der Waals surface area contributed by atoms with Crippen LogP contribution in [0.3, 0.4) is 0 Å². The Hall–Kier alpha value is -2.67. The molecule has 0 spiro atoms. The summed E-state index contributed by atoms with van der Waals surface area (Å²) in [5, 5.41) is 8.95. The standard InChI is InChI=1S/C21H26O7/c1-13(10-22)20(24)27-11-16-5-4-6-17(12-26-15(3)23)9-19-18(8-7-16)14(2)21(25)28-19/h6-7,18-19,22H,1-2,4-5,8-12H2,3H3/b16-7+,17-6+/t18-,19+/m1/s1. The number of aliphatic hydroxyl groups is 1. The summed E-state index contributed by atoms with van der Waals surface area (Å²) >= 11 is 0. The Morgan fingerprint density at radius 1 is 1.25 bits per heavy atom. The summed E-state index contributed by atoms with van der Waals surface area (Å²) in [6.07, 6.45) is 5.86. The molecule has 1 heterocycles. The zero-order valence-electron chi connectivity index (χ0n) is 16.1. The van der Waals surface area contributed by atoms with Gasteiger partial charge in [0.1, 0.15) is 19.3 Å². The Balaban J connectivity index is 2.14. The number of carbonyl (C=O) groups excluding carboxylic acids is 3. The van der Waals surface area contributed by atoms with E-state index in [0.717, 1.165) is 11.1 Å². The lowest BCUT2D eigenvalue weighted by Gasteiger charge is -2.20. The number of fused-ring (bicyclic) bond motifs is 1. The zero-order chi connectivity index (χ0) is 20.7. The van der Waals surface area contributed by atoms with Crippen LogP contribution in [0, 0.1) is 5.92 Å². The first-order valence-electron chi connectivity index (χ1n) is 9.16. The van der Waals surface area contributed by atoms with Crippen molar-refractivity contribution in [1.82, 2.24) is 0 Å². The summed E-state index contributed by atoms with van der Waals surface area (Å²) in [5.41, 5.74) is 2.17. The van der Waals surface area contributed by atoms with E-state index in [0.29, 0.717) is 31.3 Å². The topological polar surface area (TPSA) is 99.1 Å². The third-order valence-corrected chi connectivity index (χ3v) is 4.77. The van der Waals surface area contributed by atoms with Crippen LogP contribution in [0.15, 0.2) is 47.6 Å². The fourth-order valence-electron chi connectivity index (χ4n) is 3.12. The fraction of sp³-hybridized carbons (Fsp3) is 0.476. The third-order valence-electron chi connectivity index (χ3n) is 4.77. The maximum Gasteiger partial charge on any atom is 0.336 e. The van der Waals surface area contributed by atoms with Gasteiger partial charge in [0.05, 0.1) is 12.2 Å². The first-order chi connectivity index (χ1) is 13.3. The molecule has 7 nitrogen and oxygen atoms in total. The van der Waals surface area contributed by atoms with Crippen LogP contribution in [-0.2, 0) is 28.6 Å². The highest BCUT2D eigenvalue weighted by Gasteiger charge is 2.38. The number of allylic oxidation sites excluding steroid dienone is 2. The van der Waals surface area contributed by atoms with Crippen LogP contribution in [-0.4, -0.2) is 48.9 Å². The number of rotatable bonds is 6. The Labute approximate surface area is 164 Å². The quantitative estimate of drug-likeness (QED) is 0.321. The van der Waals surface area contributed by atoms with Crippen molar-refractivity contribution < 1.29 is 33.7 Å². The molecule has 0 radical (unpaired) electrons. The van der Waals surface area contributed by atoms with E-state index in [4.69, 9.17) is 19.3 Å². The number of carbonyl (C=O) groups is 3. The molecule has 2 rings (SSSR count). The molecule has 1 N–H and O–H groups in total. The van der Waals surface area contributed by atoms with Crippen molar-refractivity contribution >= 4 is 17.9 Å². The van der Waals surface area contributed by atoms with Crippen LogP contribution in [0.1, 0.15) is 32.6 Å². The van der Waals surface area contributed by atoms with Gasteiger partial charge in [-0.1, -0.05) is 25.3 Å². The SMILES string of the molecule is C=C(CO)C(=O)OC/C1=C/C[C@@H]2C(=C)C(=O)O[C@H]2C/C(COC(C)=O)=C\CC1. The molecule has 0 unspecified atom stereocenters. The molecule has 1 saturated heterocycles. The molecule has 2 atom stereocenters. The molecule has 1 aliphatic carbocycles. The van der Waals surface area contributed by atoms with Crippen LogP contribution in [0.5, 0.6) is 0 Å². The minimum Gasteiger partial charge on any atom is -0.461 e. The summed E-state index contributed by atoms with van der Waals surface area (Å²) in [6.45, 7) is 8.40. The first-order valence-corrected chi connectivity index (χ1v) is 9.16. The van der Waals surface area contributed by atoms with E-state index in [1.54, 1.807) is 0 Å². The molecule has 0 bridgehead atoms.